The fraction of sp³-hybridized carbons (Fsp3) is 0.231. The Labute approximate surface area is 187 Å². The van der Waals surface area contributed by atoms with Gasteiger partial charge in [0.25, 0.3) is 12.3 Å². The number of aliphatic imine (C=N–C) groups is 1. The molecule has 5 nitrogen and oxygen atoms in total. The van der Waals surface area contributed by atoms with Gasteiger partial charge in [0.2, 0.25) is 0 Å². The van der Waals surface area contributed by atoms with E-state index in [9.17, 15) is 9.18 Å². The Hall–Kier alpha value is -3.51. The minimum absolute atomic E-state index is 0.00710. The SMILES string of the molecule is CN1OC(NC(=O)c2ccc(C(C)(C)C)cc2)N=C(c2ccccc2F)c2ccccc21. The molecule has 4 rings (SSSR count). The number of nitrogens with zero attached hydrogens (tertiary/aromatic N) is 2. The van der Waals surface area contributed by atoms with Crippen LogP contribution in [0.3, 0.4) is 0 Å². The van der Waals surface area contributed by atoms with Gasteiger partial charge >= 0.3 is 0 Å². The van der Waals surface area contributed by atoms with E-state index in [-0.39, 0.29) is 11.3 Å². The summed E-state index contributed by atoms with van der Waals surface area (Å²) in [5, 5.41) is 4.35. The zero-order chi connectivity index (χ0) is 22.9. The zero-order valence-electron chi connectivity index (χ0n) is 18.6. The van der Waals surface area contributed by atoms with Crippen LogP contribution < -0.4 is 10.4 Å². The van der Waals surface area contributed by atoms with Crippen molar-refractivity contribution < 1.29 is 14.0 Å². The number of hydrogen-bond donors (Lipinski definition) is 1. The number of halogens is 1. The van der Waals surface area contributed by atoms with Crippen LogP contribution in [0.15, 0.2) is 77.8 Å². The lowest BCUT2D eigenvalue weighted by Gasteiger charge is -2.22. The molecule has 0 aromatic heterocycles. The molecule has 0 saturated carbocycles. The molecule has 1 heterocycles. The molecule has 3 aromatic carbocycles. The number of benzene rings is 3. The molecule has 0 radical (unpaired) electrons. The molecule has 6 heteroatoms. The fourth-order valence-electron chi connectivity index (χ4n) is 3.61. The molecule has 164 valence electrons. The van der Waals surface area contributed by atoms with Gasteiger partial charge < -0.3 is 5.32 Å². The molecule has 1 N–H and O–H groups in total. The number of hydrogen-bond acceptors (Lipinski definition) is 4. The maximum Gasteiger partial charge on any atom is 0.254 e. The van der Waals surface area contributed by atoms with Gasteiger partial charge in [0, 0.05) is 23.7 Å². The van der Waals surface area contributed by atoms with Crippen LogP contribution in [0.1, 0.15) is 47.8 Å². The Morgan fingerprint density at radius 3 is 2.25 bits per heavy atom. The molecule has 3 aromatic rings. The molecular weight excluding hydrogens is 405 g/mol. The molecule has 0 bridgehead atoms. The van der Waals surface area contributed by atoms with Crippen LogP contribution in [0.4, 0.5) is 10.1 Å². The first-order valence-electron chi connectivity index (χ1n) is 10.5. The van der Waals surface area contributed by atoms with Crippen LogP contribution in [-0.4, -0.2) is 25.0 Å². The quantitative estimate of drug-likeness (QED) is 0.631. The molecular formula is C26H26FN3O2. The first-order valence-corrected chi connectivity index (χ1v) is 10.5. The first kappa shape index (κ1) is 21.7. The molecule has 1 atom stereocenters. The second-order valence-electron chi connectivity index (χ2n) is 8.73. The highest BCUT2D eigenvalue weighted by molar-refractivity contribution is 6.16. The average Bonchev–Trinajstić information content (AvgIpc) is 2.90. The van der Waals surface area contributed by atoms with Gasteiger partial charge in [-0.1, -0.05) is 63.2 Å². The van der Waals surface area contributed by atoms with Crippen molar-refractivity contribution in [2.75, 3.05) is 12.1 Å². The summed E-state index contributed by atoms with van der Waals surface area (Å²) >= 11 is 0. The van der Waals surface area contributed by atoms with Crippen LogP contribution >= 0.6 is 0 Å². The van der Waals surface area contributed by atoms with Gasteiger partial charge in [-0.25, -0.2) is 14.2 Å². The molecule has 1 aliphatic rings. The molecule has 0 spiro atoms. The maximum atomic E-state index is 14.7. The monoisotopic (exact) mass is 431 g/mol. The molecule has 0 saturated heterocycles. The van der Waals surface area contributed by atoms with E-state index < -0.39 is 12.2 Å². The van der Waals surface area contributed by atoms with E-state index in [1.807, 2.05) is 36.4 Å². The lowest BCUT2D eigenvalue weighted by atomic mass is 9.87. The van der Waals surface area contributed by atoms with E-state index in [4.69, 9.17) is 4.84 Å². The predicted octanol–water partition coefficient (Wildman–Crippen LogP) is 5.06. The molecule has 32 heavy (non-hydrogen) atoms. The van der Waals surface area contributed by atoms with E-state index in [1.165, 1.54) is 6.07 Å². The van der Waals surface area contributed by atoms with Gasteiger partial charge in [0.15, 0.2) is 0 Å². The molecule has 0 fully saturated rings. The van der Waals surface area contributed by atoms with Crippen LogP contribution in [0.5, 0.6) is 0 Å². The van der Waals surface area contributed by atoms with Crippen molar-refractivity contribution in [3.63, 3.8) is 0 Å². The topological polar surface area (TPSA) is 53.9 Å². The highest BCUT2D eigenvalue weighted by Crippen LogP contribution is 2.28. The zero-order valence-corrected chi connectivity index (χ0v) is 18.6. The summed E-state index contributed by atoms with van der Waals surface area (Å²) in [5.41, 5.74) is 3.81. The second kappa shape index (κ2) is 8.55. The smallest absolute Gasteiger partial charge is 0.254 e. The third-order valence-corrected chi connectivity index (χ3v) is 5.40. The summed E-state index contributed by atoms with van der Waals surface area (Å²) < 4.78 is 14.7. The molecule has 1 aliphatic heterocycles. The number of amides is 1. The third-order valence-electron chi connectivity index (χ3n) is 5.40. The van der Waals surface area contributed by atoms with Crippen LogP contribution in [0.25, 0.3) is 0 Å². The van der Waals surface area contributed by atoms with Crippen LogP contribution in [0.2, 0.25) is 0 Å². The normalized spacial score (nSPS) is 16.1. The van der Waals surface area contributed by atoms with E-state index >= 15 is 0 Å². The van der Waals surface area contributed by atoms with Gasteiger partial charge in [0.1, 0.15) is 5.82 Å². The number of hydroxylamine groups is 1. The summed E-state index contributed by atoms with van der Waals surface area (Å²) in [6, 6.07) is 21.3. The Morgan fingerprint density at radius 2 is 1.59 bits per heavy atom. The van der Waals surface area contributed by atoms with Crippen LogP contribution in [-0.2, 0) is 10.3 Å². The number of anilines is 1. The maximum absolute atomic E-state index is 14.7. The minimum Gasteiger partial charge on any atom is -0.306 e. The standard InChI is InChI=1S/C26H26FN3O2/c1-26(2,3)18-15-13-17(14-16-18)24(31)29-25-28-23(19-9-5-7-11-21(19)27)20-10-6-8-12-22(20)30(4)32-25/h5-16,25H,1-4H3,(H,29,31). The van der Waals surface area contributed by atoms with Crippen LogP contribution in [0, 0.1) is 5.82 Å². The first-order chi connectivity index (χ1) is 15.2. The fourth-order valence-corrected chi connectivity index (χ4v) is 3.61. The van der Waals surface area contributed by atoms with Gasteiger partial charge in [-0.05, 0) is 41.3 Å². The summed E-state index contributed by atoms with van der Waals surface area (Å²) in [5.74, 6) is -0.722. The largest absolute Gasteiger partial charge is 0.306 e. The lowest BCUT2D eigenvalue weighted by molar-refractivity contribution is 0.0260. The van der Waals surface area contributed by atoms with Crippen molar-refractivity contribution in [2.45, 2.75) is 32.5 Å². The predicted molar refractivity (Wildman–Crippen MR) is 124 cm³/mol. The summed E-state index contributed by atoms with van der Waals surface area (Å²) in [4.78, 5) is 23.4. The number of carbonyl (C=O) groups is 1. The number of nitrogens with one attached hydrogen (secondary N) is 1. The summed E-state index contributed by atoms with van der Waals surface area (Å²) in [7, 11) is 1.73. The number of fused-ring (bicyclic) bond motifs is 1. The van der Waals surface area contributed by atoms with Crippen molar-refractivity contribution in [1.29, 1.82) is 0 Å². The molecule has 0 aliphatic carbocycles. The van der Waals surface area contributed by atoms with E-state index in [2.05, 4.69) is 31.1 Å². The van der Waals surface area contributed by atoms with Gasteiger partial charge in [-0.2, -0.15) is 0 Å². The Balaban J connectivity index is 1.68. The van der Waals surface area contributed by atoms with Crippen molar-refractivity contribution in [1.82, 2.24) is 5.32 Å². The van der Waals surface area contributed by atoms with E-state index in [0.717, 1.165) is 11.3 Å². The van der Waals surface area contributed by atoms with E-state index in [0.29, 0.717) is 22.4 Å². The summed E-state index contributed by atoms with van der Waals surface area (Å²) in [6.45, 7) is 6.36. The Kier molecular flexibility index (Phi) is 5.80. The van der Waals surface area contributed by atoms with Crippen molar-refractivity contribution >= 4 is 17.3 Å². The van der Waals surface area contributed by atoms with E-state index in [1.54, 1.807) is 42.4 Å². The number of para-hydroxylation sites is 1. The summed E-state index contributed by atoms with van der Waals surface area (Å²) in [6.07, 6.45) is -1.03. The van der Waals surface area contributed by atoms with Gasteiger partial charge in [-0.3, -0.25) is 9.86 Å². The second-order valence-corrected chi connectivity index (χ2v) is 8.73. The number of rotatable bonds is 3. The molecule has 1 amide bonds. The number of carbonyl (C=O) groups excluding carboxylic acids is 1. The highest BCUT2D eigenvalue weighted by Gasteiger charge is 2.26. The Bertz CT molecular complexity index is 1170. The van der Waals surface area contributed by atoms with Crippen molar-refractivity contribution in [3.8, 4) is 0 Å². The van der Waals surface area contributed by atoms with Gasteiger partial charge in [-0.15, -0.1) is 0 Å². The van der Waals surface area contributed by atoms with Crippen molar-refractivity contribution in [3.05, 3.63) is 101 Å². The minimum atomic E-state index is -1.03. The lowest BCUT2D eigenvalue weighted by Crippen LogP contribution is -2.39. The third kappa shape index (κ3) is 4.41. The Morgan fingerprint density at radius 1 is 0.969 bits per heavy atom. The van der Waals surface area contributed by atoms with Crippen molar-refractivity contribution in [2.24, 2.45) is 4.99 Å². The average molecular weight is 432 g/mol. The molecule has 1 unspecified atom stereocenters. The highest BCUT2D eigenvalue weighted by atomic mass is 19.1. The van der Waals surface area contributed by atoms with Gasteiger partial charge in [0.05, 0.1) is 11.4 Å².